The molecular weight excluding hydrogens is 352 g/mol. The van der Waals surface area contributed by atoms with Gasteiger partial charge in [-0.3, -0.25) is 9.59 Å². The molecule has 148 valence electrons. The van der Waals surface area contributed by atoms with Gasteiger partial charge in [0.15, 0.2) is 0 Å². The third-order valence-electron chi connectivity index (χ3n) is 6.82. The van der Waals surface area contributed by atoms with Gasteiger partial charge in [-0.05, 0) is 62.7 Å². The number of rotatable bonds is 5. The molecule has 3 fully saturated rings. The van der Waals surface area contributed by atoms with Gasteiger partial charge in [0.1, 0.15) is 0 Å². The van der Waals surface area contributed by atoms with Crippen LogP contribution in [0.1, 0.15) is 64.7 Å². The van der Waals surface area contributed by atoms with Gasteiger partial charge >= 0.3 is 5.97 Å². The largest absolute Gasteiger partial charge is 0.469 e. The van der Waals surface area contributed by atoms with Crippen LogP contribution in [0.2, 0.25) is 0 Å². The Morgan fingerprint density at radius 1 is 1.19 bits per heavy atom. The van der Waals surface area contributed by atoms with E-state index in [1.54, 1.807) is 0 Å². The summed E-state index contributed by atoms with van der Waals surface area (Å²) in [5, 5.41) is 6.99. The van der Waals surface area contributed by atoms with Crippen LogP contribution in [0.15, 0.2) is 0 Å². The van der Waals surface area contributed by atoms with E-state index in [-0.39, 0.29) is 35.8 Å². The number of methoxy groups -OCH3 is 1. The Morgan fingerprint density at radius 2 is 1.92 bits per heavy atom. The summed E-state index contributed by atoms with van der Waals surface area (Å²) in [6.45, 7) is 2.29. The summed E-state index contributed by atoms with van der Waals surface area (Å²) in [4.78, 5) is 24.8. The minimum absolute atomic E-state index is 0.0495. The van der Waals surface area contributed by atoms with Gasteiger partial charge in [-0.25, -0.2) is 0 Å². The molecule has 6 heteroatoms. The van der Waals surface area contributed by atoms with Gasteiger partial charge in [-0.15, -0.1) is 11.6 Å². The maximum absolute atomic E-state index is 12.9. The number of halogens is 1. The number of fused-ring (bicyclic) bond motifs is 1. The Hall–Kier alpha value is -0.810. The zero-order valence-electron chi connectivity index (χ0n) is 16.0. The smallest absolute Gasteiger partial charge is 0.307 e. The van der Waals surface area contributed by atoms with Gasteiger partial charge in [0.25, 0.3) is 0 Å². The molecule has 0 aromatic heterocycles. The quantitative estimate of drug-likeness (QED) is 0.564. The van der Waals surface area contributed by atoms with Crippen LogP contribution in [0.25, 0.3) is 0 Å². The molecule has 5 nitrogen and oxygen atoms in total. The number of alkyl halides is 1. The first-order valence-corrected chi connectivity index (χ1v) is 10.7. The van der Waals surface area contributed by atoms with Crippen LogP contribution in [0, 0.1) is 17.8 Å². The topological polar surface area (TPSA) is 67.4 Å². The minimum Gasteiger partial charge on any atom is -0.469 e. The molecule has 1 heterocycles. The van der Waals surface area contributed by atoms with Crippen molar-refractivity contribution in [1.82, 2.24) is 10.6 Å². The highest BCUT2D eigenvalue weighted by Crippen LogP contribution is 2.37. The van der Waals surface area contributed by atoms with Crippen molar-refractivity contribution >= 4 is 23.5 Å². The lowest BCUT2D eigenvalue weighted by atomic mass is 9.78. The lowest BCUT2D eigenvalue weighted by Crippen LogP contribution is -2.50. The molecule has 5 atom stereocenters. The highest BCUT2D eigenvalue weighted by atomic mass is 35.5. The van der Waals surface area contributed by atoms with Crippen LogP contribution in [0.3, 0.4) is 0 Å². The van der Waals surface area contributed by atoms with E-state index in [1.807, 2.05) is 0 Å². The van der Waals surface area contributed by atoms with Crippen LogP contribution in [-0.4, -0.2) is 42.5 Å². The summed E-state index contributed by atoms with van der Waals surface area (Å²) >= 11 is 6.22. The Kier molecular flexibility index (Phi) is 6.84. The molecule has 1 saturated heterocycles. The predicted molar refractivity (Wildman–Crippen MR) is 102 cm³/mol. The fraction of sp³-hybridized carbons (Fsp3) is 0.900. The highest BCUT2D eigenvalue weighted by molar-refractivity contribution is 6.20. The lowest BCUT2D eigenvalue weighted by molar-refractivity contribution is -0.141. The molecule has 0 spiro atoms. The van der Waals surface area contributed by atoms with Crippen LogP contribution in [-0.2, 0) is 14.3 Å². The number of hydrogen-bond acceptors (Lipinski definition) is 4. The zero-order valence-corrected chi connectivity index (χ0v) is 16.8. The van der Waals surface area contributed by atoms with E-state index >= 15 is 0 Å². The fourth-order valence-corrected chi connectivity index (χ4v) is 5.49. The van der Waals surface area contributed by atoms with Gasteiger partial charge in [-0.1, -0.05) is 13.3 Å². The number of amides is 1. The average Bonchev–Trinajstić information content (AvgIpc) is 3.07. The first-order valence-electron chi connectivity index (χ1n) is 10.2. The molecule has 2 aliphatic carbocycles. The van der Waals surface area contributed by atoms with Crippen molar-refractivity contribution in [1.29, 1.82) is 0 Å². The van der Waals surface area contributed by atoms with Crippen LogP contribution >= 0.6 is 11.6 Å². The molecule has 0 radical (unpaired) electrons. The molecule has 0 bridgehead atoms. The van der Waals surface area contributed by atoms with Crippen LogP contribution in [0.4, 0.5) is 0 Å². The van der Waals surface area contributed by atoms with Gasteiger partial charge in [0.2, 0.25) is 5.91 Å². The fourth-order valence-electron chi connectivity index (χ4n) is 5.24. The van der Waals surface area contributed by atoms with Crippen molar-refractivity contribution in [3.8, 4) is 0 Å². The normalized spacial score (nSPS) is 38.3. The lowest BCUT2D eigenvalue weighted by Gasteiger charge is -2.33. The number of hydrogen-bond donors (Lipinski definition) is 2. The minimum atomic E-state index is -0.259. The van der Waals surface area contributed by atoms with E-state index in [2.05, 4.69) is 17.6 Å². The number of esters is 1. The molecule has 3 rings (SSSR count). The van der Waals surface area contributed by atoms with Crippen molar-refractivity contribution in [3.63, 3.8) is 0 Å². The Balaban J connectivity index is 1.60. The molecule has 0 aromatic carbocycles. The number of ether oxygens (including phenoxy) is 1. The predicted octanol–water partition coefficient (Wildman–Crippen LogP) is 3.00. The molecule has 3 aliphatic rings. The van der Waals surface area contributed by atoms with E-state index in [9.17, 15) is 9.59 Å². The second-order valence-electron chi connectivity index (χ2n) is 8.56. The molecule has 2 N–H and O–H groups in total. The third-order valence-corrected chi connectivity index (χ3v) is 7.25. The van der Waals surface area contributed by atoms with Gasteiger partial charge in [0.05, 0.1) is 19.6 Å². The Bertz CT molecular complexity index is 507. The molecule has 26 heavy (non-hydrogen) atoms. The summed E-state index contributed by atoms with van der Waals surface area (Å²) in [6, 6.07) is 0.182. The SMILES string of the molecule is COC(=O)C[C@H](NC(=O)C1CC2CCCC(C)C2N1)C1CCC(Cl)CC1. The standard InChI is InChI=1S/C20H33ClN2O3/c1-12-4-3-5-14-10-17(22-19(12)14)20(25)23-16(11-18(24)26-2)13-6-8-15(21)9-7-13/h12-17,19,22H,3-11H2,1-2H3,(H,23,25)/t12?,13?,14?,15?,16-,17?,19?/m0/s1. The maximum atomic E-state index is 12.9. The van der Waals surface area contributed by atoms with Gasteiger partial charge in [-0.2, -0.15) is 0 Å². The molecule has 2 saturated carbocycles. The summed E-state index contributed by atoms with van der Waals surface area (Å²) in [5.74, 6) is 1.34. The van der Waals surface area contributed by atoms with E-state index in [0.717, 1.165) is 32.1 Å². The van der Waals surface area contributed by atoms with Crippen LogP contribution in [0.5, 0.6) is 0 Å². The Labute approximate surface area is 161 Å². The molecule has 1 amide bonds. The van der Waals surface area contributed by atoms with Gasteiger partial charge < -0.3 is 15.4 Å². The second-order valence-corrected chi connectivity index (χ2v) is 9.17. The van der Waals surface area contributed by atoms with E-state index < -0.39 is 0 Å². The van der Waals surface area contributed by atoms with Crippen molar-refractivity contribution < 1.29 is 14.3 Å². The average molecular weight is 385 g/mol. The highest BCUT2D eigenvalue weighted by Gasteiger charge is 2.42. The summed E-state index contributed by atoms with van der Waals surface area (Å²) in [7, 11) is 1.40. The summed E-state index contributed by atoms with van der Waals surface area (Å²) < 4.78 is 4.86. The van der Waals surface area contributed by atoms with E-state index in [0.29, 0.717) is 23.8 Å². The molecule has 4 unspecified atom stereocenters. The van der Waals surface area contributed by atoms with E-state index in [4.69, 9.17) is 16.3 Å². The number of carbonyl (C=O) groups excluding carboxylic acids is 2. The van der Waals surface area contributed by atoms with Crippen molar-refractivity contribution in [2.75, 3.05) is 7.11 Å². The molecular formula is C20H33ClN2O3. The van der Waals surface area contributed by atoms with Crippen molar-refractivity contribution in [2.24, 2.45) is 17.8 Å². The monoisotopic (exact) mass is 384 g/mol. The van der Waals surface area contributed by atoms with Crippen molar-refractivity contribution in [3.05, 3.63) is 0 Å². The van der Waals surface area contributed by atoms with Gasteiger partial charge in [0, 0.05) is 17.5 Å². The zero-order chi connectivity index (χ0) is 18.7. The molecule has 1 aliphatic heterocycles. The van der Waals surface area contributed by atoms with Crippen LogP contribution < -0.4 is 10.6 Å². The summed E-state index contributed by atoms with van der Waals surface area (Å²) in [6.07, 6.45) is 8.70. The van der Waals surface area contributed by atoms with E-state index in [1.165, 1.54) is 26.4 Å². The first kappa shape index (κ1) is 19.9. The first-order chi connectivity index (χ1) is 12.5. The van der Waals surface area contributed by atoms with Crippen molar-refractivity contribution in [2.45, 2.75) is 88.2 Å². The Morgan fingerprint density at radius 3 is 2.58 bits per heavy atom. The third kappa shape index (κ3) is 4.72. The molecule has 0 aromatic rings. The second kappa shape index (κ2) is 8.92. The number of carbonyl (C=O) groups is 2. The number of nitrogens with one attached hydrogen (secondary N) is 2. The summed E-state index contributed by atoms with van der Waals surface area (Å²) in [5.41, 5.74) is 0. The maximum Gasteiger partial charge on any atom is 0.307 e.